The first-order chi connectivity index (χ1) is 14.6. The number of phosphoric acid groups is 1. The molecular weight excluding hydrogens is 453 g/mol. The predicted molar refractivity (Wildman–Crippen MR) is 107 cm³/mol. The van der Waals surface area contributed by atoms with Crippen molar-refractivity contribution in [2.24, 2.45) is 0 Å². The number of hydrogen-bond donors (Lipinski definition) is 5. The number of halogens is 1. The lowest BCUT2D eigenvalue weighted by atomic mass is 9.99. The molecule has 0 amide bonds. The lowest BCUT2D eigenvalue weighted by Gasteiger charge is -2.41. The van der Waals surface area contributed by atoms with Gasteiger partial charge in [0.05, 0.1) is 23.3 Å². The number of nitriles is 1. The maximum atomic E-state index is 11.1. The van der Waals surface area contributed by atoms with Gasteiger partial charge in [-0.25, -0.2) is 4.57 Å². The van der Waals surface area contributed by atoms with E-state index in [0.717, 1.165) is 11.1 Å². The summed E-state index contributed by atoms with van der Waals surface area (Å²) in [6.07, 6.45) is -8.14. The van der Waals surface area contributed by atoms with Gasteiger partial charge in [-0.3, -0.25) is 4.52 Å². The maximum absolute atomic E-state index is 11.1. The molecule has 1 aliphatic heterocycles. The number of phosphoric ester groups is 1. The maximum Gasteiger partial charge on any atom is 0.470 e. The van der Waals surface area contributed by atoms with Crippen LogP contribution in [0.4, 0.5) is 0 Å². The first-order valence-electron chi connectivity index (χ1n) is 8.96. The summed E-state index contributed by atoms with van der Waals surface area (Å²) in [6, 6.07) is 13.6. The van der Waals surface area contributed by atoms with Gasteiger partial charge in [0, 0.05) is 0 Å². The van der Waals surface area contributed by atoms with E-state index >= 15 is 0 Å². The van der Waals surface area contributed by atoms with Gasteiger partial charge in [-0.05, 0) is 35.4 Å². The molecule has 2 aromatic carbocycles. The fourth-order valence-corrected chi connectivity index (χ4v) is 3.88. The Balaban J connectivity index is 1.77. The molecule has 3 rings (SSSR count). The van der Waals surface area contributed by atoms with E-state index < -0.39 is 45.1 Å². The highest BCUT2D eigenvalue weighted by atomic mass is 35.5. The molecule has 0 bridgehead atoms. The molecule has 10 nitrogen and oxygen atoms in total. The fourth-order valence-electron chi connectivity index (χ4n) is 3.08. The van der Waals surface area contributed by atoms with Gasteiger partial charge in [-0.15, -0.1) is 0 Å². The Kier molecular flexibility index (Phi) is 7.34. The summed E-state index contributed by atoms with van der Waals surface area (Å²) in [5.74, 6) is 0.0985. The van der Waals surface area contributed by atoms with Gasteiger partial charge in [0.15, 0.2) is 0 Å². The van der Waals surface area contributed by atoms with Gasteiger partial charge in [0.25, 0.3) is 0 Å². The van der Waals surface area contributed by atoms with Crippen LogP contribution < -0.4 is 4.74 Å². The monoisotopic (exact) mass is 471 g/mol. The van der Waals surface area contributed by atoms with Crippen LogP contribution in [0.5, 0.6) is 5.75 Å². The zero-order valence-electron chi connectivity index (χ0n) is 15.8. The smallest absolute Gasteiger partial charge is 0.460 e. The second kappa shape index (κ2) is 9.63. The molecule has 166 valence electrons. The van der Waals surface area contributed by atoms with Crippen molar-refractivity contribution < 1.29 is 43.7 Å². The van der Waals surface area contributed by atoms with Crippen molar-refractivity contribution in [1.82, 2.24) is 0 Å². The third kappa shape index (κ3) is 5.61. The van der Waals surface area contributed by atoms with E-state index in [1.807, 2.05) is 6.07 Å². The zero-order valence-corrected chi connectivity index (χ0v) is 17.4. The van der Waals surface area contributed by atoms with Crippen molar-refractivity contribution in [3.63, 3.8) is 0 Å². The van der Waals surface area contributed by atoms with Crippen molar-refractivity contribution in [3.05, 3.63) is 53.1 Å². The van der Waals surface area contributed by atoms with E-state index in [4.69, 9.17) is 36.1 Å². The van der Waals surface area contributed by atoms with Gasteiger partial charge >= 0.3 is 7.82 Å². The molecule has 1 aliphatic rings. The highest BCUT2D eigenvalue weighted by molar-refractivity contribution is 7.46. The van der Waals surface area contributed by atoms with E-state index in [-0.39, 0.29) is 10.8 Å². The Morgan fingerprint density at radius 2 is 1.74 bits per heavy atom. The van der Waals surface area contributed by atoms with Crippen molar-refractivity contribution in [2.45, 2.75) is 30.7 Å². The first kappa shape index (κ1) is 23.6. The van der Waals surface area contributed by atoms with Gasteiger partial charge < -0.3 is 34.6 Å². The predicted octanol–water partition coefficient (Wildman–Crippen LogP) is 1.17. The Bertz CT molecular complexity index is 1000. The number of aliphatic hydroxyl groups is 3. The minimum absolute atomic E-state index is 0.0985. The van der Waals surface area contributed by atoms with Gasteiger partial charge in [-0.2, -0.15) is 5.26 Å². The Morgan fingerprint density at radius 3 is 2.29 bits per heavy atom. The molecule has 0 spiro atoms. The fraction of sp³-hybridized carbons (Fsp3) is 0.316. The van der Waals surface area contributed by atoms with E-state index in [1.54, 1.807) is 36.4 Å². The van der Waals surface area contributed by atoms with Crippen LogP contribution in [0, 0.1) is 11.3 Å². The second-order valence-corrected chi connectivity index (χ2v) is 8.32. The Labute approximate surface area is 182 Å². The standard InChI is InChI=1S/C19H19ClNO9P/c20-13-7-12(11-3-1-10(8-21)2-4-11)5-6-14(13)28-19-17(24)16(23)18(15(9-22)29-19)30-31(25,26)27/h1-7,15-19,22-24H,9H2,(H2,25,26,27)/t15-,16-,17+,18-,19+/m1/s1. The first-order valence-corrected chi connectivity index (χ1v) is 10.9. The van der Waals surface area contributed by atoms with Crippen LogP contribution in [0.2, 0.25) is 5.02 Å². The molecule has 5 N–H and O–H groups in total. The molecule has 0 radical (unpaired) electrons. The average Bonchev–Trinajstić information content (AvgIpc) is 2.74. The van der Waals surface area contributed by atoms with E-state index in [9.17, 15) is 19.9 Å². The van der Waals surface area contributed by atoms with Gasteiger partial charge in [-0.1, -0.05) is 29.8 Å². The third-order valence-electron chi connectivity index (χ3n) is 4.60. The molecule has 0 unspecified atom stereocenters. The topological polar surface area (TPSA) is 170 Å². The number of nitrogens with zero attached hydrogens (tertiary/aromatic N) is 1. The average molecular weight is 472 g/mol. The van der Waals surface area contributed by atoms with Gasteiger partial charge in [0.1, 0.15) is 30.2 Å². The van der Waals surface area contributed by atoms with Crippen LogP contribution in [0.15, 0.2) is 42.5 Å². The van der Waals surface area contributed by atoms with Crippen molar-refractivity contribution in [2.75, 3.05) is 6.61 Å². The SMILES string of the molecule is N#Cc1ccc(-c2ccc(O[C@H]3O[C@H](CO)[C@@H](OP(=O)(O)O)[C@H](O)[C@@H]3O)c(Cl)c2)cc1. The molecule has 0 saturated carbocycles. The quantitative estimate of drug-likeness (QED) is 0.385. The number of aliphatic hydroxyl groups excluding tert-OH is 3. The van der Waals surface area contributed by atoms with Crippen LogP contribution >= 0.6 is 19.4 Å². The van der Waals surface area contributed by atoms with Gasteiger partial charge in [0.2, 0.25) is 6.29 Å². The Hall–Kier alpha value is -2.03. The second-order valence-electron chi connectivity index (χ2n) is 6.72. The van der Waals surface area contributed by atoms with Crippen molar-refractivity contribution in [3.8, 4) is 22.9 Å². The largest absolute Gasteiger partial charge is 0.470 e. The molecule has 5 atom stereocenters. The molecule has 0 aromatic heterocycles. The lowest BCUT2D eigenvalue weighted by molar-refractivity contribution is -0.274. The minimum atomic E-state index is -5.02. The highest BCUT2D eigenvalue weighted by Gasteiger charge is 2.48. The summed E-state index contributed by atoms with van der Waals surface area (Å²) >= 11 is 6.27. The molecule has 0 aliphatic carbocycles. The van der Waals surface area contributed by atoms with Crippen LogP contribution in [0.25, 0.3) is 11.1 Å². The molecule has 2 aromatic rings. The van der Waals surface area contributed by atoms with Crippen LogP contribution in [-0.2, 0) is 13.8 Å². The molecule has 31 heavy (non-hydrogen) atoms. The molecule has 1 heterocycles. The highest BCUT2D eigenvalue weighted by Crippen LogP contribution is 2.42. The Morgan fingerprint density at radius 1 is 1.10 bits per heavy atom. The molecule has 1 fully saturated rings. The normalized spacial score (nSPS) is 26.3. The molecular formula is C19H19ClNO9P. The number of benzene rings is 2. The van der Waals surface area contributed by atoms with Crippen molar-refractivity contribution >= 4 is 19.4 Å². The van der Waals surface area contributed by atoms with Crippen LogP contribution in [0.3, 0.4) is 0 Å². The number of ether oxygens (including phenoxy) is 2. The molecule has 1 saturated heterocycles. The summed E-state index contributed by atoms with van der Waals surface area (Å²) in [7, 11) is -5.02. The lowest BCUT2D eigenvalue weighted by Crippen LogP contribution is -2.60. The summed E-state index contributed by atoms with van der Waals surface area (Å²) in [4.78, 5) is 17.9. The van der Waals surface area contributed by atoms with Crippen LogP contribution in [0.1, 0.15) is 5.56 Å². The third-order valence-corrected chi connectivity index (χ3v) is 5.42. The van der Waals surface area contributed by atoms with E-state index in [1.165, 1.54) is 6.07 Å². The summed E-state index contributed by atoms with van der Waals surface area (Å²) in [5.41, 5.74) is 2.04. The summed E-state index contributed by atoms with van der Waals surface area (Å²) in [6.45, 7) is -0.764. The number of hydrogen-bond acceptors (Lipinski definition) is 8. The van der Waals surface area contributed by atoms with E-state index in [0.29, 0.717) is 5.56 Å². The summed E-state index contributed by atoms with van der Waals surface area (Å²) < 4.78 is 26.4. The van der Waals surface area contributed by atoms with Crippen molar-refractivity contribution in [1.29, 1.82) is 5.26 Å². The molecule has 12 heteroatoms. The minimum Gasteiger partial charge on any atom is -0.460 e. The summed E-state index contributed by atoms with van der Waals surface area (Å²) in [5, 5.41) is 39.0. The number of rotatable bonds is 6. The van der Waals surface area contributed by atoms with E-state index in [2.05, 4.69) is 4.52 Å². The zero-order chi connectivity index (χ0) is 22.8. The van der Waals surface area contributed by atoms with Crippen LogP contribution in [-0.4, -0.2) is 62.4 Å².